The van der Waals surface area contributed by atoms with E-state index in [1.54, 1.807) is 13.0 Å². The molecule has 0 amide bonds. The third-order valence-corrected chi connectivity index (χ3v) is 6.04. The number of benzene rings is 1. The molecule has 0 radical (unpaired) electrons. The lowest BCUT2D eigenvalue weighted by Gasteiger charge is -2.14. The Morgan fingerprint density at radius 2 is 1.79 bits per heavy atom. The number of hydrogen-bond acceptors (Lipinski definition) is 3. The molecule has 1 aromatic heterocycles. The van der Waals surface area contributed by atoms with E-state index in [0.29, 0.717) is 0 Å². The van der Waals surface area contributed by atoms with E-state index in [2.05, 4.69) is 4.72 Å². The molecular weight excluding hydrogens is 325 g/mol. The van der Waals surface area contributed by atoms with Gasteiger partial charge >= 0.3 is 0 Å². The van der Waals surface area contributed by atoms with Gasteiger partial charge in [-0.15, -0.1) is 11.3 Å². The molecule has 1 aromatic carbocycles. The first-order valence-electron chi connectivity index (χ1n) is 5.41. The Morgan fingerprint density at radius 3 is 2.32 bits per heavy atom. The lowest BCUT2D eigenvalue weighted by molar-refractivity contribution is 0.568. The van der Waals surface area contributed by atoms with Crippen molar-refractivity contribution < 1.29 is 8.42 Å². The van der Waals surface area contributed by atoms with Crippen LogP contribution in [0.5, 0.6) is 0 Å². The maximum absolute atomic E-state index is 12.3. The minimum Gasteiger partial charge on any atom is -0.207 e. The van der Waals surface area contributed by atoms with Crippen LogP contribution in [0.4, 0.5) is 0 Å². The van der Waals surface area contributed by atoms with Gasteiger partial charge in [0.2, 0.25) is 10.0 Å². The Bertz CT molecular complexity index is 649. The van der Waals surface area contributed by atoms with Crippen LogP contribution in [0.15, 0.2) is 40.6 Å². The second-order valence-electron chi connectivity index (χ2n) is 3.91. The molecule has 0 bridgehead atoms. The van der Waals surface area contributed by atoms with Crippen LogP contribution in [-0.2, 0) is 10.0 Å². The third kappa shape index (κ3) is 3.30. The van der Waals surface area contributed by atoms with Gasteiger partial charge in [0.1, 0.15) is 4.90 Å². The van der Waals surface area contributed by atoms with Gasteiger partial charge in [-0.1, -0.05) is 35.3 Å². The Kier molecular flexibility index (Phi) is 4.53. The highest BCUT2D eigenvalue weighted by Gasteiger charge is 2.24. The van der Waals surface area contributed by atoms with Crippen molar-refractivity contribution >= 4 is 44.6 Å². The summed E-state index contributed by atoms with van der Waals surface area (Å²) < 4.78 is 27.2. The van der Waals surface area contributed by atoms with Gasteiger partial charge in [0.15, 0.2) is 0 Å². The number of nitrogens with one attached hydrogen (secondary N) is 1. The lowest BCUT2D eigenvalue weighted by atomic mass is 10.3. The standard InChI is InChI=1S/C12H11Cl2NO2S2/c1-8(11-6-3-7-18-11)15-19(16,17)12-9(13)4-2-5-10(12)14/h2-8,15H,1H3/t8-/m1/s1. The molecule has 1 N–H and O–H groups in total. The molecule has 0 aliphatic heterocycles. The predicted octanol–water partition coefficient (Wildman–Crippen LogP) is 4.09. The highest BCUT2D eigenvalue weighted by Crippen LogP contribution is 2.30. The fourth-order valence-electron chi connectivity index (χ4n) is 1.63. The molecule has 2 aromatic rings. The molecule has 0 saturated carbocycles. The zero-order chi connectivity index (χ0) is 14.0. The molecule has 0 spiro atoms. The van der Waals surface area contributed by atoms with E-state index in [-0.39, 0.29) is 21.0 Å². The molecule has 0 aliphatic rings. The quantitative estimate of drug-likeness (QED) is 0.914. The average molecular weight is 336 g/mol. The molecule has 19 heavy (non-hydrogen) atoms. The zero-order valence-corrected chi connectivity index (χ0v) is 13.1. The summed E-state index contributed by atoms with van der Waals surface area (Å²) in [5, 5.41) is 2.11. The molecule has 0 fully saturated rings. The highest BCUT2D eigenvalue weighted by molar-refractivity contribution is 7.89. The first-order chi connectivity index (χ1) is 8.92. The van der Waals surface area contributed by atoms with Gasteiger partial charge in [-0.05, 0) is 30.5 Å². The summed E-state index contributed by atoms with van der Waals surface area (Å²) in [4.78, 5) is 0.841. The molecule has 7 heteroatoms. The van der Waals surface area contributed by atoms with Crippen LogP contribution in [0.2, 0.25) is 10.0 Å². The second-order valence-corrected chi connectivity index (χ2v) is 7.35. The summed E-state index contributed by atoms with van der Waals surface area (Å²) in [6.07, 6.45) is 0. The lowest BCUT2D eigenvalue weighted by Crippen LogP contribution is -2.26. The van der Waals surface area contributed by atoms with Crippen LogP contribution < -0.4 is 4.72 Å². The van der Waals surface area contributed by atoms with Crippen LogP contribution in [0.1, 0.15) is 17.8 Å². The summed E-state index contributed by atoms with van der Waals surface area (Å²) in [5.74, 6) is 0. The van der Waals surface area contributed by atoms with E-state index in [1.165, 1.54) is 23.5 Å². The molecule has 0 aliphatic carbocycles. The maximum atomic E-state index is 12.3. The van der Waals surface area contributed by atoms with Crippen LogP contribution in [0.25, 0.3) is 0 Å². The summed E-state index contributed by atoms with van der Waals surface area (Å²) in [6.45, 7) is 1.77. The van der Waals surface area contributed by atoms with Crippen molar-refractivity contribution in [1.29, 1.82) is 0 Å². The Hall–Kier alpha value is -0.590. The van der Waals surface area contributed by atoms with Crippen molar-refractivity contribution in [2.75, 3.05) is 0 Å². The first-order valence-corrected chi connectivity index (χ1v) is 8.53. The van der Waals surface area contributed by atoms with Crippen molar-refractivity contribution in [3.8, 4) is 0 Å². The molecule has 3 nitrogen and oxygen atoms in total. The summed E-state index contributed by atoms with van der Waals surface area (Å²) in [5.41, 5.74) is 0. The third-order valence-electron chi connectivity index (χ3n) is 2.49. The molecule has 1 atom stereocenters. The monoisotopic (exact) mass is 335 g/mol. The molecule has 0 saturated heterocycles. The first kappa shape index (κ1) is 14.8. The van der Waals surface area contributed by atoms with Crippen LogP contribution in [0.3, 0.4) is 0 Å². The summed E-state index contributed by atoms with van der Waals surface area (Å²) in [7, 11) is -3.75. The van der Waals surface area contributed by atoms with Crippen molar-refractivity contribution in [3.63, 3.8) is 0 Å². The van der Waals surface area contributed by atoms with Crippen LogP contribution in [-0.4, -0.2) is 8.42 Å². The number of sulfonamides is 1. The number of thiophene rings is 1. The van der Waals surface area contributed by atoms with E-state index in [4.69, 9.17) is 23.2 Å². The Morgan fingerprint density at radius 1 is 1.16 bits per heavy atom. The van der Waals surface area contributed by atoms with Gasteiger partial charge in [0.05, 0.1) is 16.1 Å². The molecule has 2 rings (SSSR count). The van der Waals surface area contributed by atoms with E-state index in [0.717, 1.165) is 4.88 Å². The fourth-order valence-corrected chi connectivity index (χ4v) is 4.80. The number of hydrogen-bond donors (Lipinski definition) is 1. The largest absolute Gasteiger partial charge is 0.244 e. The zero-order valence-electron chi connectivity index (χ0n) is 9.93. The smallest absolute Gasteiger partial charge is 0.207 e. The van der Waals surface area contributed by atoms with Gasteiger partial charge in [0, 0.05) is 4.88 Å². The van der Waals surface area contributed by atoms with Gasteiger partial charge in [0.25, 0.3) is 0 Å². The van der Waals surface area contributed by atoms with E-state index in [9.17, 15) is 8.42 Å². The minimum atomic E-state index is -3.75. The predicted molar refractivity (Wildman–Crippen MR) is 79.5 cm³/mol. The van der Waals surface area contributed by atoms with Gasteiger partial charge in [-0.25, -0.2) is 13.1 Å². The molecule has 0 unspecified atom stereocenters. The van der Waals surface area contributed by atoms with Crippen molar-refractivity contribution in [2.45, 2.75) is 17.9 Å². The minimum absolute atomic E-state index is 0.0817. The number of rotatable bonds is 4. The second kappa shape index (κ2) is 5.81. The molecule has 102 valence electrons. The van der Waals surface area contributed by atoms with Gasteiger partial charge < -0.3 is 0 Å². The van der Waals surface area contributed by atoms with E-state index < -0.39 is 10.0 Å². The Labute approximate surface area is 126 Å². The average Bonchev–Trinajstić information content (AvgIpc) is 2.80. The van der Waals surface area contributed by atoms with Crippen molar-refractivity contribution in [3.05, 3.63) is 50.6 Å². The van der Waals surface area contributed by atoms with Crippen molar-refractivity contribution in [1.82, 2.24) is 4.72 Å². The Balaban J connectivity index is 2.33. The maximum Gasteiger partial charge on any atom is 0.244 e. The van der Waals surface area contributed by atoms with Gasteiger partial charge in [-0.3, -0.25) is 0 Å². The normalized spacial score (nSPS) is 13.4. The SMILES string of the molecule is C[C@@H](NS(=O)(=O)c1c(Cl)cccc1Cl)c1cccs1. The number of halogens is 2. The van der Waals surface area contributed by atoms with Gasteiger partial charge in [-0.2, -0.15) is 0 Å². The molecular formula is C12H11Cl2NO2S2. The molecule has 1 heterocycles. The highest BCUT2D eigenvalue weighted by atomic mass is 35.5. The van der Waals surface area contributed by atoms with E-state index in [1.807, 2.05) is 17.5 Å². The van der Waals surface area contributed by atoms with E-state index >= 15 is 0 Å². The van der Waals surface area contributed by atoms with Crippen LogP contribution in [0, 0.1) is 0 Å². The van der Waals surface area contributed by atoms with Crippen LogP contribution >= 0.6 is 34.5 Å². The van der Waals surface area contributed by atoms with Crippen molar-refractivity contribution in [2.24, 2.45) is 0 Å². The fraction of sp³-hybridized carbons (Fsp3) is 0.167. The topological polar surface area (TPSA) is 46.2 Å². The summed E-state index contributed by atoms with van der Waals surface area (Å²) in [6, 6.07) is 8.00. The summed E-state index contributed by atoms with van der Waals surface area (Å²) >= 11 is 13.3.